The summed E-state index contributed by atoms with van der Waals surface area (Å²) in [6.07, 6.45) is 2.24. The first-order valence-corrected chi connectivity index (χ1v) is 4.41. The van der Waals surface area contributed by atoms with E-state index in [0.717, 1.165) is 0 Å². The van der Waals surface area contributed by atoms with E-state index >= 15 is 0 Å². The number of hydrogen-bond acceptors (Lipinski definition) is 3. The number of carboxylic acids is 2. The molecule has 0 fully saturated rings. The van der Waals surface area contributed by atoms with Gasteiger partial charge in [0.15, 0.2) is 0 Å². The lowest BCUT2D eigenvalue weighted by Crippen LogP contribution is -2.43. The summed E-state index contributed by atoms with van der Waals surface area (Å²) in [7, 11) is 0. The smallest absolute Gasteiger partial charge is 0.332 e. The van der Waals surface area contributed by atoms with Crippen LogP contribution in [0, 0.1) is 0 Å². The van der Waals surface area contributed by atoms with Gasteiger partial charge >= 0.3 is 11.9 Å². The first kappa shape index (κ1) is 10.7. The molecule has 0 aliphatic carbocycles. The molecule has 0 radical (unpaired) electrons. The molecule has 0 bridgehead atoms. The largest absolute Gasteiger partial charge is 0.480 e. The zero-order chi connectivity index (χ0) is 10.7. The molecule has 1 atom stereocenters. The summed E-state index contributed by atoms with van der Waals surface area (Å²) in [5.41, 5.74) is 0.282. The fraction of sp³-hybridized carbons (Fsp3) is 0.556. The zero-order valence-corrected chi connectivity index (χ0v) is 7.93. The molecule has 2 N–H and O–H groups in total. The second kappa shape index (κ2) is 4.23. The molecule has 0 aromatic heterocycles. The molecule has 0 saturated carbocycles. The Balaban J connectivity index is 2.65. The molecule has 78 valence electrons. The van der Waals surface area contributed by atoms with Crippen LogP contribution in [0.4, 0.5) is 0 Å². The van der Waals surface area contributed by atoms with Crippen LogP contribution in [0.1, 0.15) is 13.3 Å². The van der Waals surface area contributed by atoms with Crippen molar-refractivity contribution >= 4 is 11.9 Å². The maximum absolute atomic E-state index is 10.7. The molecule has 1 unspecified atom stereocenters. The molecule has 0 spiro atoms. The predicted octanol–water partition coefficient (Wildman–Crippen LogP) is 0.176. The number of nitrogens with zero attached hydrogens (tertiary/aromatic N) is 1. The summed E-state index contributed by atoms with van der Waals surface area (Å²) >= 11 is 0. The van der Waals surface area contributed by atoms with Gasteiger partial charge in [0.1, 0.15) is 6.04 Å². The van der Waals surface area contributed by atoms with Gasteiger partial charge in [-0.25, -0.2) is 4.79 Å². The Hall–Kier alpha value is -1.36. The van der Waals surface area contributed by atoms with Crippen LogP contribution in [-0.2, 0) is 9.59 Å². The van der Waals surface area contributed by atoms with E-state index in [0.29, 0.717) is 13.0 Å². The van der Waals surface area contributed by atoms with Crippen LogP contribution in [0.15, 0.2) is 11.6 Å². The Labute approximate surface area is 81.6 Å². The summed E-state index contributed by atoms with van der Waals surface area (Å²) in [5.74, 6) is -1.89. The van der Waals surface area contributed by atoms with Crippen molar-refractivity contribution in [2.45, 2.75) is 19.4 Å². The molecular formula is C9H13NO4. The van der Waals surface area contributed by atoms with Crippen molar-refractivity contribution in [1.82, 2.24) is 4.90 Å². The van der Waals surface area contributed by atoms with Crippen molar-refractivity contribution < 1.29 is 19.8 Å². The third-order valence-electron chi connectivity index (χ3n) is 2.36. The molecule has 1 heterocycles. The Morgan fingerprint density at radius 2 is 2.14 bits per heavy atom. The van der Waals surface area contributed by atoms with Gasteiger partial charge in [-0.15, -0.1) is 0 Å². The highest BCUT2D eigenvalue weighted by Gasteiger charge is 2.25. The monoisotopic (exact) mass is 199 g/mol. The first-order chi connectivity index (χ1) is 6.52. The SMILES string of the molecule is CC(C(=O)O)N1CCC=C(C(=O)O)C1. The van der Waals surface area contributed by atoms with Crippen LogP contribution in [0.25, 0.3) is 0 Å². The molecule has 0 aromatic carbocycles. The molecule has 1 rings (SSSR count). The van der Waals surface area contributed by atoms with Crippen LogP contribution in [0.2, 0.25) is 0 Å². The summed E-state index contributed by atoms with van der Waals surface area (Å²) in [6.45, 7) is 2.38. The fourth-order valence-corrected chi connectivity index (χ4v) is 1.41. The maximum atomic E-state index is 10.7. The number of carbonyl (C=O) groups is 2. The van der Waals surface area contributed by atoms with Gasteiger partial charge in [-0.2, -0.15) is 0 Å². The lowest BCUT2D eigenvalue weighted by atomic mass is 10.1. The number of rotatable bonds is 3. The van der Waals surface area contributed by atoms with Gasteiger partial charge in [-0.05, 0) is 13.3 Å². The van der Waals surface area contributed by atoms with E-state index in [4.69, 9.17) is 10.2 Å². The Bertz CT molecular complexity index is 285. The Morgan fingerprint density at radius 1 is 1.50 bits per heavy atom. The van der Waals surface area contributed by atoms with Crippen molar-refractivity contribution in [2.24, 2.45) is 0 Å². The van der Waals surface area contributed by atoms with Crippen molar-refractivity contribution in [1.29, 1.82) is 0 Å². The van der Waals surface area contributed by atoms with E-state index in [1.54, 1.807) is 17.9 Å². The average Bonchev–Trinajstić information content (AvgIpc) is 2.16. The second-order valence-corrected chi connectivity index (χ2v) is 3.31. The van der Waals surface area contributed by atoms with Gasteiger partial charge < -0.3 is 10.2 Å². The molecular weight excluding hydrogens is 186 g/mol. The van der Waals surface area contributed by atoms with Crippen molar-refractivity contribution in [3.8, 4) is 0 Å². The van der Waals surface area contributed by atoms with E-state index in [-0.39, 0.29) is 12.1 Å². The van der Waals surface area contributed by atoms with E-state index < -0.39 is 18.0 Å². The lowest BCUT2D eigenvalue weighted by molar-refractivity contribution is -0.143. The highest BCUT2D eigenvalue weighted by atomic mass is 16.4. The molecule has 1 aliphatic rings. The van der Waals surface area contributed by atoms with Gasteiger partial charge in [0.05, 0.1) is 0 Å². The molecule has 5 nitrogen and oxygen atoms in total. The van der Waals surface area contributed by atoms with Crippen molar-refractivity contribution in [2.75, 3.05) is 13.1 Å². The van der Waals surface area contributed by atoms with Gasteiger partial charge in [0.2, 0.25) is 0 Å². The van der Waals surface area contributed by atoms with Crippen LogP contribution < -0.4 is 0 Å². The second-order valence-electron chi connectivity index (χ2n) is 3.31. The average molecular weight is 199 g/mol. The highest BCUT2D eigenvalue weighted by molar-refractivity contribution is 5.87. The fourth-order valence-electron chi connectivity index (χ4n) is 1.41. The van der Waals surface area contributed by atoms with E-state index in [1.807, 2.05) is 0 Å². The van der Waals surface area contributed by atoms with E-state index in [2.05, 4.69) is 0 Å². The maximum Gasteiger partial charge on any atom is 0.332 e. The molecule has 0 saturated heterocycles. The summed E-state index contributed by atoms with van der Waals surface area (Å²) in [6, 6.07) is -0.627. The Kier molecular flexibility index (Phi) is 3.24. The van der Waals surface area contributed by atoms with E-state index in [9.17, 15) is 9.59 Å². The zero-order valence-electron chi connectivity index (χ0n) is 7.93. The van der Waals surface area contributed by atoms with Crippen LogP contribution >= 0.6 is 0 Å². The van der Waals surface area contributed by atoms with Gasteiger partial charge in [0, 0.05) is 18.7 Å². The number of aliphatic carboxylic acids is 2. The Morgan fingerprint density at radius 3 is 2.64 bits per heavy atom. The normalized spacial score (nSPS) is 19.9. The van der Waals surface area contributed by atoms with Gasteiger partial charge in [-0.1, -0.05) is 6.08 Å². The molecule has 0 amide bonds. The highest BCUT2D eigenvalue weighted by Crippen LogP contribution is 2.12. The lowest BCUT2D eigenvalue weighted by Gasteiger charge is -2.28. The number of carboxylic acid groups (broad SMARTS) is 2. The van der Waals surface area contributed by atoms with Gasteiger partial charge in [-0.3, -0.25) is 9.69 Å². The topological polar surface area (TPSA) is 77.8 Å². The summed E-state index contributed by atoms with van der Waals surface area (Å²) in [5, 5.41) is 17.5. The summed E-state index contributed by atoms with van der Waals surface area (Å²) < 4.78 is 0. The van der Waals surface area contributed by atoms with Gasteiger partial charge in [0.25, 0.3) is 0 Å². The third-order valence-corrected chi connectivity index (χ3v) is 2.36. The van der Waals surface area contributed by atoms with Crippen LogP contribution in [0.5, 0.6) is 0 Å². The molecule has 14 heavy (non-hydrogen) atoms. The molecule has 0 aromatic rings. The summed E-state index contributed by atoms with van der Waals surface area (Å²) in [4.78, 5) is 23.0. The van der Waals surface area contributed by atoms with Crippen molar-refractivity contribution in [3.05, 3.63) is 11.6 Å². The first-order valence-electron chi connectivity index (χ1n) is 4.41. The quantitative estimate of drug-likeness (QED) is 0.677. The number of hydrogen-bond donors (Lipinski definition) is 2. The minimum Gasteiger partial charge on any atom is -0.480 e. The predicted molar refractivity (Wildman–Crippen MR) is 49.0 cm³/mol. The molecule has 5 heteroatoms. The minimum absolute atomic E-state index is 0.211. The van der Waals surface area contributed by atoms with Crippen LogP contribution in [-0.4, -0.2) is 46.2 Å². The van der Waals surface area contributed by atoms with Crippen molar-refractivity contribution in [3.63, 3.8) is 0 Å². The minimum atomic E-state index is -0.965. The molecule has 1 aliphatic heterocycles. The van der Waals surface area contributed by atoms with E-state index in [1.165, 1.54) is 0 Å². The van der Waals surface area contributed by atoms with Crippen LogP contribution in [0.3, 0.4) is 0 Å². The standard InChI is InChI=1S/C9H13NO4/c1-6(8(11)12)10-4-2-3-7(5-10)9(13)14/h3,6H,2,4-5H2,1H3,(H,11,12)(H,13,14). The third kappa shape index (κ3) is 2.32.